The summed E-state index contributed by atoms with van der Waals surface area (Å²) in [4.78, 5) is 12.2. The van der Waals surface area contributed by atoms with Gasteiger partial charge in [-0.2, -0.15) is 0 Å². The number of methoxy groups -OCH3 is 1. The summed E-state index contributed by atoms with van der Waals surface area (Å²) in [5.74, 6) is 0.229. The summed E-state index contributed by atoms with van der Waals surface area (Å²) in [5.41, 5.74) is 1.05. The van der Waals surface area contributed by atoms with Gasteiger partial charge in [0.15, 0.2) is 0 Å². The monoisotopic (exact) mass is 287 g/mol. The molecule has 1 atom stereocenters. The average molecular weight is 288 g/mol. The van der Waals surface area contributed by atoms with E-state index in [-0.39, 0.29) is 4.91 Å². The second-order valence-corrected chi connectivity index (χ2v) is 4.94. The lowest BCUT2D eigenvalue weighted by atomic mass is 10.3. The Labute approximate surface area is 113 Å². The van der Waals surface area contributed by atoms with Gasteiger partial charge in [-0.1, -0.05) is 11.6 Å². The lowest BCUT2D eigenvalue weighted by molar-refractivity contribution is -0.116. The Morgan fingerprint density at radius 2 is 2.06 bits per heavy atom. The van der Waals surface area contributed by atoms with Crippen molar-refractivity contribution in [2.75, 3.05) is 13.7 Å². The van der Waals surface area contributed by atoms with E-state index < -0.39 is 16.7 Å². The molecule has 0 aromatic heterocycles. The summed E-state index contributed by atoms with van der Waals surface area (Å²) in [7, 11) is -0.0551. The molecule has 1 N–H and O–H groups in total. The molecule has 0 spiro atoms. The van der Waals surface area contributed by atoms with E-state index in [4.69, 9.17) is 16.3 Å². The lowest BCUT2D eigenvalue weighted by Crippen LogP contribution is -2.26. The average Bonchev–Trinajstić information content (AvgIpc) is 2.40. The maximum absolute atomic E-state index is 12.1. The number of likely N-dealkylation sites (N-methyl/N-ethyl adjacent to an activating group) is 1. The van der Waals surface area contributed by atoms with Crippen molar-refractivity contribution < 1.29 is 13.7 Å². The highest BCUT2D eigenvalue weighted by Crippen LogP contribution is 2.19. The van der Waals surface area contributed by atoms with Crippen LogP contribution in [0.15, 0.2) is 39.6 Å². The van der Waals surface area contributed by atoms with Gasteiger partial charge >= 0.3 is 0 Å². The fraction of sp³-hybridized carbons (Fsp3) is 0.250. The molecular weight excluding hydrogens is 274 g/mol. The molecule has 4 nitrogen and oxygen atoms in total. The van der Waals surface area contributed by atoms with Crippen LogP contribution in [0, 0.1) is 0 Å². The molecule has 0 aliphatic heterocycles. The van der Waals surface area contributed by atoms with Crippen molar-refractivity contribution in [2.24, 2.45) is 0 Å². The molecule has 1 aromatic carbocycles. The number of nitrogens with one attached hydrogen (secondary N) is 1. The molecule has 98 valence electrons. The van der Waals surface area contributed by atoms with Gasteiger partial charge in [0.25, 0.3) is 5.91 Å². The maximum atomic E-state index is 12.1. The number of amides is 1. The minimum absolute atomic E-state index is 0.0312. The van der Waals surface area contributed by atoms with Crippen LogP contribution in [0.4, 0.5) is 0 Å². The van der Waals surface area contributed by atoms with Crippen LogP contribution in [0.25, 0.3) is 0 Å². The molecular formula is C12H14ClNO3S. The smallest absolute Gasteiger partial charge is 0.261 e. The van der Waals surface area contributed by atoms with Gasteiger partial charge in [-0.25, -0.2) is 4.21 Å². The second-order valence-electron chi connectivity index (χ2n) is 3.28. The van der Waals surface area contributed by atoms with Gasteiger partial charge in [-0.05, 0) is 31.2 Å². The first kappa shape index (κ1) is 14.7. The minimum Gasteiger partial charge on any atom is -0.497 e. The fourth-order valence-electron chi connectivity index (χ4n) is 1.25. The zero-order valence-electron chi connectivity index (χ0n) is 10.1. The first-order valence-electron chi connectivity index (χ1n) is 5.28. The molecule has 1 rings (SSSR count). The Balaban J connectivity index is 2.93. The van der Waals surface area contributed by atoms with Crippen LogP contribution in [0.1, 0.15) is 6.92 Å². The normalized spacial score (nSPS) is 12.9. The minimum atomic E-state index is -1.60. The van der Waals surface area contributed by atoms with Gasteiger partial charge in [0.1, 0.15) is 10.7 Å². The van der Waals surface area contributed by atoms with Crippen LogP contribution in [0.2, 0.25) is 0 Å². The molecule has 1 amide bonds. The van der Waals surface area contributed by atoms with Crippen LogP contribution < -0.4 is 10.1 Å². The SMILES string of the molecule is CCNC(=O)/C(=C/Cl)S(=O)c1ccc(OC)cc1. The number of carbonyl (C=O) groups is 1. The van der Waals surface area contributed by atoms with E-state index in [2.05, 4.69) is 5.32 Å². The van der Waals surface area contributed by atoms with Gasteiger partial charge in [0.2, 0.25) is 0 Å². The molecule has 0 bridgehead atoms. The van der Waals surface area contributed by atoms with E-state index >= 15 is 0 Å². The molecule has 0 fully saturated rings. The predicted molar refractivity (Wildman–Crippen MR) is 72.0 cm³/mol. The van der Waals surface area contributed by atoms with Gasteiger partial charge in [-0.3, -0.25) is 4.79 Å². The summed E-state index contributed by atoms with van der Waals surface area (Å²) in [6.45, 7) is 2.23. The first-order chi connectivity index (χ1) is 8.63. The summed E-state index contributed by atoms with van der Waals surface area (Å²) in [6.07, 6.45) is 0. The highest BCUT2D eigenvalue weighted by atomic mass is 35.5. The maximum Gasteiger partial charge on any atom is 0.261 e. The quantitative estimate of drug-likeness (QED) is 0.843. The van der Waals surface area contributed by atoms with Crippen molar-refractivity contribution in [3.63, 3.8) is 0 Å². The largest absolute Gasteiger partial charge is 0.497 e. The van der Waals surface area contributed by atoms with Crippen molar-refractivity contribution in [1.29, 1.82) is 0 Å². The highest BCUT2D eigenvalue weighted by molar-refractivity contribution is 7.90. The zero-order valence-corrected chi connectivity index (χ0v) is 11.7. The van der Waals surface area contributed by atoms with E-state index in [1.807, 2.05) is 0 Å². The Kier molecular flexibility index (Phi) is 5.88. The van der Waals surface area contributed by atoms with E-state index in [1.54, 1.807) is 38.3 Å². The van der Waals surface area contributed by atoms with E-state index in [9.17, 15) is 9.00 Å². The Hall–Kier alpha value is -1.33. The molecule has 0 radical (unpaired) electrons. The number of hydrogen-bond acceptors (Lipinski definition) is 3. The van der Waals surface area contributed by atoms with Crippen LogP contribution in [-0.2, 0) is 15.6 Å². The zero-order chi connectivity index (χ0) is 13.5. The molecule has 1 aromatic rings. The third-order valence-electron chi connectivity index (χ3n) is 2.13. The second kappa shape index (κ2) is 7.18. The molecule has 18 heavy (non-hydrogen) atoms. The number of hydrogen-bond donors (Lipinski definition) is 1. The van der Waals surface area contributed by atoms with Crippen molar-refractivity contribution in [3.05, 3.63) is 34.7 Å². The first-order valence-corrected chi connectivity index (χ1v) is 6.87. The van der Waals surface area contributed by atoms with Gasteiger partial charge in [0.05, 0.1) is 17.9 Å². The van der Waals surface area contributed by atoms with Gasteiger partial charge in [-0.15, -0.1) is 0 Å². The molecule has 0 saturated heterocycles. The van der Waals surface area contributed by atoms with Crippen molar-refractivity contribution in [2.45, 2.75) is 11.8 Å². The number of rotatable bonds is 5. The molecule has 0 saturated carbocycles. The fourth-order valence-corrected chi connectivity index (χ4v) is 2.55. The molecule has 6 heteroatoms. The lowest BCUT2D eigenvalue weighted by Gasteiger charge is -2.07. The molecule has 0 aliphatic carbocycles. The van der Waals surface area contributed by atoms with Crippen LogP contribution in [0.5, 0.6) is 5.75 Å². The van der Waals surface area contributed by atoms with Crippen molar-refractivity contribution >= 4 is 28.3 Å². The molecule has 0 heterocycles. The molecule has 0 aliphatic rings. The topological polar surface area (TPSA) is 55.4 Å². The van der Waals surface area contributed by atoms with Crippen LogP contribution in [0.3, 0.4) is 0 Å². The van der Waals surface area contributed by atoms with Gasteiger partial charge < -0.3 is 10.1 Å². The van der Waals surface area contributed by atoms with Crippen molar-refractivity contribution in [3.8, 4) is 5.75 Å². The van der Waals surface area contributed by atoms with Crippen LogP contribution >= 0.6 is 11.6 Å². The van der Waals surface area contributed by atoms with E-state index in [1.165, 1.54) is 0 Å². The third kappa shape index (κ3) is 3.58. The van der Waals surface area contributed by atoms with E-state index in [0.29, 0.717) is 17.2 Å². The predicted octanol–water partition coefficient (Wildman–Crippen LogP) is 2.02. The number of carbonyl (C=O) groups excluding carboxylic acids is 1. The van der Waals surface area contributed by atoms with Crippen LogP contribution in [-0.4, -0.2) is 23.8 Å². The standard InChI is InChI=1S/C12H14ClNO3S/c1-3-14-12(15)11(8-13)18(16)10-6-4-9(17-2)5-7-10/h4-8H,3H2,1-2H3,(H,14,15)/b11-8-. The Morgan fingerprint density at radius 3 is 2.50 bits per heavy atom. The number of halogens is 1. The number of ether oxygens (including phenoxy) is 1. The Morgan fingerprint density at radius 1 is 1.44 bits per heavy atom. The van der Waals surface area contributed by atoms with E-state index in [0.717, 1.165) is 5.54 Å². The highest BCUT2D eigenvalue weighted by Gasteiger charge is 2.17. The summed E-state index contributed by atoms with van der Waals surface area (Å²) in [6, 6.07) is 6.62. The van der Waals surface area contributed by atoms with Gasteiger partial charge in [0, 0.05) is 17.0 Å². The third-order valence-corrected chi connectivity index (χ3v) is 3.88. The number of benzene rings is 1. The molecule has 1 unspecified atom stereocenters. The van der Waals surface area contributed by atoms with Crippen molar-refractivity contribution in [1.82, 2.24) is 5.32 Å². The summed E-state index contributed by atoms with van der Waals surface area (Å²) < 4.78 is 17.2. The summed E-state index contributed by atoms with van der Waals surface area (Å²) >= 11 is 5.56. The summed E-state index contributed by atoms with van der Waals surface area (Å²) in [5, 5.41) is 2.56. The Bertz CT molecular complexity index is 471.